The molecule has 8 heteroatoms. The van der Waals surface area contributed by atoms with Gasteiger partial charge in [0, 0.05) is 28.6 Å². The van der Waals surface area contributed by atoms with Crippen LogP contribution in [0.4, 0.5) is 30.6 Å². The molecule has 0 aliphatic heterocycles. The van der Waals surface area contributed by atoms with Gasteiger partial charge in [0.1, 0.15) is 5.82 Å². The van der Waals surface area contributed by atoms with E-state index in [0.29, 0.717) is 23.4 Å². The first-order valence-corrected chi connectivity index (χ1v) is 8.88. The molecule has 1 fully saturated rings. The third-order valence-electron chi connectivity index (χ3n) is 3.50. The summed E-state index contributed by atoms with van der Waals surface area (Å²) in [4.78, 5) is 9.08. The van der Waals surface area contributed by atoms with Gasteiger partial charge in [-0.05, 0) is 56.7 Å². The van der Waals surface area contributed by atoms with Gasteiger partial charge in [0.15, 0.2) is 0 Å². The molecular formula is C17H19F3N4S. The summed E-state index contributed by atoms with van der Waals surface area (Å²) in [5.74, 6) is 1.56. The van der Waals surface area contributed by atoms with E-state index in [1.807, 2.05) is 19.9 Å². The second kappa shape index (κ2) is 7.11. The molecule has 1 aromatic heterocycles. The number of nitrogens with zero attached hydrogens (tertiary/aromatic N) is 2. The molecule has 2 N–H and O–H groups in total. The Balaban J connectivity index is 1.82. The highest BCUT2D eigenvalue weighted by molar-refractivity contribution is 8.00. The van der Waals surface area contributed by atoms with Gasteiger partial charge >= 0.3 is 5.51 Å². The van der Waals surface area contributed by atoms with E-state index in [4.69, 9.17) is 0 Å². The standard InChI is InChI=1S/C17H19F3N4S/c1-10(2)21-16-23-14(11-6-7-11)9-15(24-16)22-12-4-3-5-13(8-12)25-17(18,19)20/h3-5,8-11H,6-7H2,1-2H3,(H2,21,22,23,24). The van der Waals surface area contributed by atoms with Gasteiger partial charge in [-0.25, -0.2) is 4.98 Å². The highest BCUT2D eigenvalue weighted by atomic mass is 32.2. The molecule has 0 radical (unpaired) electrons. The van der Waals surface area contributed by atoms with Crippen molar-refractivity contribution in [3.8, 4) is 0 Å². The number of nitrogens with one attached hydrogen (secondary N) is 2. The number of hydrogen-bond acceptors (Lipinski definition) is 5. The average molecular weight is 368 g/mol. The molecule has 1 saturated carbocycles. The van der Waals surface area contributed by atoms with E-state index < -0.39 is 5.51 Å². The zero-order valence-corrected chi connectivity index (χ0v) is 14.7. The molecule has 134 valence electrons. The molecule has 2 aromatic rings. The number of aromatic nitrogens is 2. The van der Waals surface area contributed by atoms with Crippen LogP contribution in [0.3, 0.4) is 0 Å². The first kappa shape index (κ1) is 17.8. The summed E-state index contributed by atoms with van der Waals surface area (Å²) in [7, 11) is 0. The van der Waals surface area contributed by atoms with Crippen LogP contribution in [0.15, 0.2) is 35.2 Å². The SMILES string of the molecule is CC(C)Nc1nc(Nc2cccc(SC(F)(F)F)c2)cc(C2CC2)n1. The topological polar surface area (TPSA) is 49.8 Å². The van der Waals surface area contributed by atoms with Gasteiger partial charge < -0.3 is 10.6 Å². The lowest BCUT2D eigenvalue weighted by atomic mass is 10.2. The zero-order valence-electron chi connectivity index (χ0n) is 13.9. The van der Waals surface area contributed by atoms with E-state index in [2.05, 4.69) is 20.6 Å². The van der Waals surface area contributed by atoms with E-state index in [1.165, 1.54) is 12.1 Å². The third-order valence-corrected chi connectivity index (χ3v) is 4.22. The maximum Gasteiger partial charge on any atom is 0.446 e. The van der Waals surface area contributed by atoms with Gasteiger partial charge in [-0.1, -0.05) is 6.07 Å². The smallest absolute Gasteiger partial charge is 0.352 e. The Hall–Kier alpha value is -1.96. The number of rotatable bonds is 6. The molecular weight excluding hydrogens is 349 g/mol. The van der Waals surface area contributed by atoms with Crippen molar-refractivity contribution in [3.63, 3.8) is 0 Å². The summed E-state index contributed by atoms with van der Waals surface area (Å²) in [5.41, 5.74) is -2.78. The Morgan fingerprint density at radius 2 is 1.92 bits per heavy atom. The fraction of sp³-hybridized carbons (Fsp3) is 0.412. The number of alkyl halides is 3. The van der Waals surface area contributed by atoms with E-state index in [1.54, 1.807) is 12.1 Å². The van der Waals surface area contributed by atoms with Gasteiger partial charge in [0.05, 0.1) is 5.69 Å². The molecule has 1 aromatic carbocycles. The molecule has 0 bridgehead atoms. The summed E-state index contributed by atoms with van der Waals surface area (Å²) in [6.45, 7) is 4.00. The zero-order chi connectivity index (χ0) is 18.0. The molecule has 1 aliphatic rings. The molecule has 1 heterocycles. The van der Waals surface area contributed by atoms with Crippen LogP contribution in [0.25, 0.3) is 0 Å². The Labute approximate surface area is 148 Å². The lowest BCUT2D eigenvalue weighted by Gasteiger charge is -2.13. The first-order valence-electron chi connectivity index (χ1n) is 8.07. The Morgan fingerprint density at radius 3 is 2.56 bits per heavy atom. The number of halogens is 3. The molecule has 0 unspecified atom stereocenters. The van der Waals surface area contributed by atoms with Crippen molar-refractivity contribution >= 4 is 29.2 Å². The fourth-order valence-electron chi connectivity index (χ4n) is 2.36. The summed E-state index contributed by atoms with van der Waals surface area (Å²) in [6.07, 6.45) is 2.21. The molecule has 25 heavy (non-hydrogen) atoms. The summed E-state index contributed by atoms with van der Waals surface area (Å²) in [6, 6.07) is 8.26. The summed E-state index contributed by atoms with van der Waals surface area (Å²) < 4.78 is 37.6. The van der Waals surface area contributed by atoms with E-state index >= 15 is 0 Å². The van der Waals surface area contributed by atoms with E-state index in [-0.39, 0.29) is 22.7 Å². The molecule has 0 amide bonds. The number of benzene rings is 1. The highest BCUT2D eigenvalue weighted by Gasteiger charge is 2.29. The van der Waals surface area contributed by atoms with Crippen LogP contribution in [0.1, 0.15) is 38.3 Å². The Morgan fingerprint density at radius 1 is 1.16 bits per heavy atom. The van der Waals surface area contributed by atoms with E-state index in [9.17, 15) is 13.2 Å². The van der Waals surface area contributed by atoms with Crippen LogP contribution < -0.4 is 10.6 Å². The largest absolute Gasteiger partial charge is 0.446 e. The van der Waals surface area contributed by atoms with Crippen LogP contribution in [-0.2, 0) is 0 Å². The average Bonchev–Trinajstić information content (AvgIpc) is 3.29. The second-order valence-electron chi connectivity index (χ2n) is 6.28. The van der Waals surface area contributed by atoms with Gasteiger partial charge in [0.2, 0.25) is 5.95 Å². The lowest BCUT2D eigenvalue weighted by Crippen LogP contribution is -2.14. The minimum atomic E-state index is -4.30. The van der Waals surface area contributed by atoms with E-state index in [0.717, 1.165) is 18.5 Å². The van der Waals surface area contributed by atoms with Gasteiger partial charge in [-0.3, -0.25) is 0 Å². The molecule has 0 saturated heterocycles. The van der Waals surface area contributed by atoms with Crippen molar-refractivity contribution in [1.82, 2.24) is 9.97 Å². The van der Waals surface area contributed by atoms with Crippen molar-refractivity contribution < 1.29 is 13.2 Å². The second-order valence-corrected chi connectivity index (χ2v) is 7.41. The fourth-order valence-corrected chi connectivity index (χ4v) is 2.96. The quantitative estimate of drug-likeness (QED) is 0.657. The molecule has 0 spiro atoms. The minimum Gasteiger partial charge on any atom is -0.352 e. The Kier molecular flexibility index (Phi) is 5.08. The van der Waals surface area contributed by atoms with Crippen LogP contribution >= 0.6 is 11.8 Å². The maximum atomic E-state index is 12.5. The van der Waals surface area contributed by atoms with Gasteiger partial charge in [-0.15, -0.1) is 0 Å². The maximum absolute atomic E-state index is 12.5. The number of thioether (sulfide) groups is 1. The van der Waals surface area contributed by atoms with Crippen LogP contribution in [0, 0.1) is 0 Å². The number of anilines is 3. The normalized spacial score (nSPS) is 14.6. The van der Waals surface area contributed by atoms with Crippen LogP contribution in [0.5, 0.6) is 0 Å². The van der Waals surface area contributed by atoms with Gasteiger partial charge in [0.25, 0.3) is 0 Å². The Bertz CT molecular complexity index is 745. The highest BCUT2D eigenvalue weighted by Crippen LogP contribution is 2.40. The minimum absolute atomic E-state index is 0.130. The van der Waals surface area contributed by atoms with Crippen molar-refractivity contribution in [2.45, 2.75) is 49.1 Å². The van der Waals surface area contributed by atoms with Gasteiger partial charge in [-0.2, -0.15) is 18.2 Å². The predicted octanol–water partition coefficient (Wildman–Crippen LogP) is 5.53. The summed E-state index contributed by atoms with van der Waals surface area (Å²) in [5, 5.41) is 6.28. The molecule has 1 aliphatic carbocycles. The van der Waals surface area contributed by atoms with Crippen molar-refractivity contribution in [1.29, 1.82) is 0 Å². The molecule has 3 rings (SSSR count). The lowest BCUT2D eigenvalue weighted by molar-refractivity contribution is -0.0328. The first-order chi connectivity index (χ1) is 11.8. The third kappa shape index (κ3) is 5.52. The van der Waals surface area contributed by atoms with Crippen molar-refractivity contribution in [2.75, 3.05) is 10.6 Å². The molecule has 4 nitrogen and oxygen atoms in total. The van der Waals surface area contributed by atoms with Crippen molar-refractivity contribution in [2.24, 2.45) is 0 Å². The molecule has 0 atom stereocenters. The van der Waals surface area contributed by atoms with Crippen LogP contribution in [0.2, 0.25) is 0 Å². The number of hydrogen-bond donors (Lipinski definition) is 2. The summed E-state index contributed by atoms with van der Waals surface area (Å²) >= 11 is -0.130. The van der Waals surface area contributed by atoms with Crippen molar-refractivity contribution in [3.05, 3.63) is 36.0 Å². The van der Waals surface area contributed by atoms with Crippen LogP contribution in [-0.4, -0.2) is 21.5 Å². The monoisotopic (exact) mass is 368 g/mol. The predicted molar refractivity (Wildman–Crippen MR) is 94.4 cm³/mol.